The van der Waals surface area contributed by atoms with Crippen LogP contribution < -0.4 is 10.1 Å². The van der Waals surface area contributed by atoms with Gasteiger partial charge in [0.25, 0.3) is 0 Å². The molecule has 2 aromatic rings. The molecule has 1 aromatic carbocycles. The molecule has 0 amide bonds. The fraction of sp³-hybridized carbons (Fsp3) is 0.471. The van der Waals surface area contributed by atoms with Gasteiger partial charge in [0.05, 0.1) is 25.5 Å². The summed E-state index contributed by atoms with van der Waals surface area (Å²) < 4.78 is 7.47. The van der Waals surface area contributed by atoms with Gasteiger partial charge in [0.15, 0.2) is 0 Å². The Balaban J connectivity index is 1.93. The van der Waals surface area contributed by atoms with Crippen molar-refractivity contribution in [2.75, 3.05) is 13.2 Å². The average Bonchev–Trinajstić information content (AvgIpc) is 2.93. The summed E-state index contributed by atoms with van der Waals surface area (Å²) in [5.74, 6) is 1.39. The molecule has 1 unspecified atom stereocenters. The highest BCUT2D eigenvalue weighted by atomic mass is 16.5. The molecular formula is C17H25N3O2. The van der Waals surface area contributed by atoms with Crippen LogP contribution in [0.15, 0.2) is 36.7 Å². The summed E-state index contributed by atoms with van der Waals surface area (Å²) in [6.07, 6.45) is 3.69. The minimum absolute atomic E-state index is 0.0369. The molecule has 2 rings (SSSR count). The van der Waals surface area contributed by atoms with Crippen molar-refractivity contribution in [3.8, 4) is 5.75 Å². The molecule has 2 N–H and O–H groups in total. The van der Waals surface area contributed by atoms with Gasteiger partial charge in [-0.2, -0.15) is 5.10 Å². The fourth-order valence-electron chi connectivity index (χ4n) is 2.16. The van der Waals surface area contributed by atoms with E-state index >= 15 is 0 Å². The summed E-state index contributed by atoms with van der Waals surface area (Å²) in [6.45, 7) is 5.68. The zero-order valence-electron chi connectivity index (χ0n) is 13.5. The zero-order chi connectivity index (χ0) is 15.9. The Kier molecular flexibility index (Phi) is 5.98. The third kappa shape index (κ3) is 4.86. The number of aryl methyl sites for hydroxylation is 1. The number of ether oxygens (including phenoxy) is 1. The van der Waals surface area contributed by atoms with E-state index in [-0.39, 0.29) is 12.6 Å². The van der Waals surface area contributed by atoms with E-state index in [2.05, 4.69) is 24.3 Å². The number of nitrogens with one attached hydrogen (secondary N) is 1. The molecule has 1 atom stereocenters. The second-order valence-corrected chi connectivity index (χ2v) is 5.92. The van der Waals surface area contributed by atoms with Crippen molar-refractivity contribution in [1.29, 1.82) is 0 Å². The van der Waals surface area contributed by atoms with Crippen LogP contribution in [0.2, 0.25) is 0 Å². The SMILES string of the molecule is CC(C)COc1cccc(CNC(CO)c2cnn(C)c2)c1. The van der Waals surface area contributed by atoms with E-state index in [1.165, 1.54) is 0 Å². The van der Waals surface area contributed by atoms with Gasteiger partial charge in [-0.15, -0.1) is 0 Å². The Bertz CT molecular complexity index is 581. The van der Waals surface area contributed by atoms with Crippen molar-refractivity contribution < 1.29 is 9.84 Å². The van der Waals surface area contributed by atoms with Crippen LogP contribution in [0.5, 0.6) is 5.75 Å². The van der Waals surface area contributed by atoms with Crippen LogP contribution in [0.4, 0.5) is 0 Å². The lowest BCUT2D eigenvalue weighted by atomic mass is 10.1. The van der Waals surface area contributed by atoms with Gasteiger partial charge in [-0.3, -0.25) is 4.68 Å². The molecule has 0 aliphatic carbocycles. The Morgan fingerprint density at radius 3 is 2.82 bits per heavy atom. The molecule has 22 heavy (non-hydrogen) atoms. The van der Waals surface area contributed by atoms with Gasteiger partial charge < -0.3 is 15.2 Å². The van der Waals surface area contributed by atoms with Crippen LogP contribution >= 0.6 is 0 Å². The van der Waals surface area contributed by atoms with Gasteiger partial charge >= 0.3 is 0 Å². The Morgan fingerprint density at radius 1 is 1.36 bits per heavy atom. The first-order valence-electron chi connectivity index (χ1n) is 7.63. The van der Waals surface area contributed by atoms with E-state index in [0.717, 1.165) is 16.9 Å². The van der Waals surface area contributed by atoms with Gasteiger partial charge in [0, 0.05) is 25.4 Å². The van der Waals surface area contributed by atoms with Gasteiger partial charge in [0.1, 0.15) is 5.75 Å². The second kappa shape index (κ2) is 7.96. The van der Waals surface area contributed by atoms with E-state index in [4.69, 9.17) is 4.74 Å². The predicted octanol–water partition coefficient (Wildman–Crippen LogP) is 2.28. The van der Waals surface area contributed by atoms with Crippen molar-refractivity contribution in [2.45, 2.75) is 26.4 Å². The van der Waals surface area contributed by atoms with Crippen molar-refractivity contribution in [3.05, 3.63) is 47.8 Å². The quantitative estimate of drug-likeness (QED) is 0.785. The van der Waals surface area contributed by atoms with Crippen LogP contribution in [-0.4, -0.2) is 28.1 Å². The third-order valence-corrected chi connectivity index (χ3v) is 3.34. The standard InChI is InChI=1S/C17H25N3O2/c1-13(2)12-22-16-6-4-5-14(7-16)8-18-17(11-21)15-9-19-20(3)10-15/h4-7,9-10,13,17-18,21H,8,11-12H2,1-3H3. The number of benzene rings is 1. The molecular weight excluding hydrogens is 278 g/mol. The highest BCUT2D eigenvalue weighted by Crippen LogP contribution is 2.16. The molecule has 1 heterocycles. The van der Waals surface area contributed by atoms with E-state index in [1.807, 2.05) is 37.5 Å². The number of aliphatic hydroxyl groups is 1. The summed E-state index contributed by atoms with van der Waals surface area (Å²) in [4.78, 5) is 0. The monoisotopic (exact) mass is 303 g/mol. The molecule has 0 radical (unpaired) electrons. The minimum atomic E-state index is -0.117. The number of aromatic nitrogens is 2. The van der Waals surface area contributed by atoms with Crippen LogP contribution in [0, 0.1) is 5.92 Å². The highest BCUT2D eigenvalue weighted by molar-refractivity contribution is 5.28. The molecule has 0 aliphatic rings. The first-order chi connectivity index (χ1) is 10.6. The molecule has 0 saturated heterocycles. The Labute approximate surface area is 131 Å². The zero-order valence-corrected chi connectivity index (χ0v) is 13.5. The van der Waals surface area contributed by atoms with Gasteiger partial charge in [0.2, 0.25) is 0 Å². The number of nitrogens with zero attached hydrogens (tertiary/aromatic N) is 2. The lowest BCUT2D eigenvalue weighted by Gasteiger charge is -2.15. The number of hydrogen-bond donors (Lipinski definition) is 2. The summed E-state index contributed by atoms with van der Waals surface area (Å²) in [5, 5.41) is 17.0. The molecule has 0 bridgehead atoms. The van der Waals surface area contributed by atoms with Crippen LogP contribution in [0.25, 0.3) is 0 Å². The van der Waals surface area contributed by atoms with Crippen LogP contribution in [-0.2, 0) is 13.6 Å². The molecule has 120 valence electrons. The number of hydrogen-bond acceptors (Lipinski definition) is 4. The summed E-state index contributed by atoms with van der Waals surface area (Å²) in [5.41, 5.74) is 2.11. The summed E-state index contributed by atoms with van der Waals surface area (Å²) in [6, 6.07) is 7.93. The van der Waals surface area contributed by atoms with Crippen molar-refractivity contribution >= 4 is 0 Å². The molecule has 1 aromatic heterocycles. The van der Waals surface area contributed by atoms with E-state index < -0.39 is 0 Å². The maximum absolute atomic E-state index is 9.54. The van der Waals surface area contributed by atoms with Crippen molar-refractivity contribution in [3.63, 3.8) is 0 Å². The second-order valence-electron chi connectivity index (χ2n) is 5.92. The van der Waals surface area contributed by atoms with E-state index in [0.29, 0.717) is 19.1 Å². The van der Waals surface area contributed by atoms with E-state index in [9.17, 15) is 5.11 Å². The normalized spacial score (nSPS) is 12.6. The molecule has 0 aliphatic heterocycles. The van der Waals surface area contributed by atoms with Gasteiger partial charge in [-0.25, -0.2) is 0 Å². The number of rotatable bonds is 8. The van der Waals surface area contributed by atoms with Gasteiger partial charge in [-0.05, 0) is 23.6 Å². The molecule has 0 fully saturated rings. The van der Waals surface area contributed by atoms with Crippen LogP contribution in [0.1, 0.15) is 31.0 Å². The molecule has 5 heteroatoms. The van der Waals surface area contributed by atoms with Gasteiger partial charge in [-0.1, -0.05) is 26.0 Å². The lowest BCUT2D eigenvalue weighted by molar-refractivity contribution is 0.243. The minimum Gasteiger partial charge on any atom is -0.493 e. The Morgan fingerprint density at radius 2 is 2.18 bits per heavy atom. The molecule has 5 nitrogen and oxygen atoms in total. The fourth-order valence-corrected chi connectivity index (χ4v) is 2.16. The highest BCUT2D eigenvalue weighted by Gasteiger charge is 2.11. The molecule has 0 spiro atoms. The number of aliphatic hydroxyl groups excluding tert-OH is 1. The summed E-state index contributed by atoms with van der Waals surface area (Å²) >= 11 is 0. The Hall–Kier alpha value is -1.85. The lowest BCUT2D eigenvalue weighted by Crippen LogP contribution is -2.23. The smallest absolute Gasteiger partial charge is 0.119 e. The van der Waals surface area contributed by atoms with Crippen molar-refractivity contribution in [1.82, 2.24) is 15.1 Å². The predicted molar refractivity (Wildman–Crippen MR) is 86.6 cm³/mol. The largest absolute Gasteiger partial charge is 0.493 e. The first-order valence-corrected chi connectivity index (χ1v) is 7.63. The average molecular weight is 303 g/mol. The van der Waals surface area contributed by atoms with Crippen LogP contribution in [0.3, 0.4) is 0 Å². The van der Waals surface area contributed by atoms with E-state index in [1.54, 1.807) is 10.9 Å². The first kappa shape index (κ1) is 16.5. The summed E-state index contributed by atoms with van der Waals surface area (Å²) in [7, 11) is 1.87. The third-order valence-electron chi connectivity index (χ3n) is 3.34. The maximum Gasteiger partial charge on any atom is 0.119 e. The topological polar surface area (TPSA) is 59.3 Å². The maximum atomic E-state index is 9.54. The molecule has 0 saturated carbocycles. The van der Waals surface area contributed by atoms with Crippen molar-refractivity contribution in [2.24, 2.45) is 13.0 Å².